The minimum absolute atomic E-state index is 0.0714. The molecule has 0 aromatic heterocycles. The van der Waals surface area contributed by atoms with Gasteiger partial charge in [0, 0.05) is 30.7 Å². The van der Waals surface area contributed by atoms with Gasteiger partial charge in [0.25, 0.3) is 5.91 Å². The Labute approximate surface area is 156 Å². The van der Waals surface area contributed by atoms with E-state index in [-0.39, 0.29) is 22.9 Å². The van der Waals surface area contributed by atoms with Crippen LogP contribution in [0, 0.1) is 0 Å². The molecule has 6 nitrogen and oxygen atoms in total. The molecular formula is C19H29N3O3S. The zero-order chi connectivity index (χ0) is 18.6. The lowest BCUT2D eigenvalue weighted by Gasteiger charge is -2.30. The molecule has 2 unspecified atom stereocenters. The molecule has 144 valence electrons. The zero-order valence-electron chi connectivity index (χ0n) is 15.4. The molecule has 2 heterocycles. The highest BCUT2D eigenvalue weighted by atomic mass is 32.2. The average molecular weight is 380 g/mol. The zero-order valence-corrected chi connectivity index (χ0v) is 16.2. The van der Waals surface area contributed by atoms with Gasteiger partial charge >= 0.3 is 0 Å². The number of piperidine rings is 1. The van der Waals surface area contributed by atoms with Crippen molar-refractivity contribution in [1.82, 2.24) is 14.9 Å². The molecular weight excluding hydrogens is 350 g/mol. The first-order chi connectivity index (χ1) is 12.5. The smallest absolute Gasteiger partial charge is 0.251 e. The van der Waals surface area contributed by atoms with Crippen LogP contribution in [0.25, 0.3) is 0 Å². The number of hydrogen-bond donors (Lipinski definition) is 2. The Morgan fingerprint density at radius 3 is 2.58 bits per heavy atom. The van der Waals surface area contributed by atoms with Gasteiger partial charge in [0.1, 0.15) is 0 Å². The summed E-state index contributed by atoms with van der Waals surface area (Å²) in [6.45, 7) is 4.15. The van der Waals surface area contributed by atoms with E-state index in [0.29, 0.717) is 18.7 Å². The van der Waals surface area contributed by atoms with Crippen LogP contribution < -0.4 is 10.6 Å². The number of hydrogen-bond acceptors (Lipinski definition) is 4. The molecule has 0 aliphatic carbocycles. The fourth-order valence-electron chi connectivity index (χ4n) is 3.72. The Morgan fingerprint density at radius 2 is 1.88 bits per heavy atom. The molecule has 1 aromatic carbocycles. The van der Waals surface area contributed by atoms with Gasteiger partial charge in [0.2, 0.25) is 10.0 Å². The Kier molecular flexibility index (Phi) is 6.32. The van der Waals surface area contributed by atoms with Crippen LogP contribution in [0.15, 0.2) is 29.2 Å². The molecule has 2 aliphatic rings. The van der Waals surface area contributed by atoms with Crippen molar-refractivity contribution in [2.75, 3.05) is 19.6 Å². The summed E-state index contributed by atoms with van der Waals surface area (Å²) in [7, 11) is -3.54. The van der Waals surface area contributed by atoms with E-state index in [2.05, 4.69) is 17.6 Å². The van der Waals surface area contributed by atoms with Crippen molar-refractivity contribution < 1.29 is 13.2 Å². The summed E-state index contributed by atoms with van der Waals surface area (Å²) >= 11 is 0. The van der Waals surface area contributed by atoms with Crippen LogP contribution in [-0.2, 0) is 10.0 Å². The molecule has 2 atom stereocenters. The first-order valence-corrected chi connectivity index (χ1v) is 11.1. The molecule has 1 aromatic rings. The molecule has 26 heavy (non-hydrogen) atoms. The summed E-state index contributed by atoms with van der Waals surface area (Å²) < 4.78 is 27.4. The molecule has 0 saturated carbocycles. The molecule has 0 radical (unpaired) electrons. The van der Waals surface area contributed by atoms with E-state index in [1.807, 2.05) is 0 Å². The number of nitrogens with zero attached hydrogens (tertiary/aromatic N) is 1. The maximum atomic E-state index is 12.9. The molecule has 7 heteroatoms. The van der Waals surface area contributed by atoms with Crippen LogP contribution in [0.5, 0.6) is 0 Å². The molecule has 2 aliphatic heterocycles. The predicted octanol–water partition coefficient (Wildman–Crippen LogP) is 2.12. The fourth-order valence-corrected chi connectivity index (χ4v) is 5.29. The Hall–Kier alpha value is -1.44. The first-order valence-electron chi connectivity index (χ1n) is 9.63. The number of nitrogens with one attached hydrogen (secondary N) is 2. The van der Waals surface area contributed by atoms with Crippen LogP contribution in [0.3, 0.4) is 0 Å². The summed E-state index contributed by atoms with van der Waals surface area (Å²) in [6, 6.07) is 6.72. The van der Waals surface area contributed by atoms with Crippen molar-refractivity contribution in [2.24, 2.45) is 0 Å². The van der Waals surface area contributed by atoms with Crippen LogP contribution in [0.4, 0.5) is 0 Å². The standard InChI is InChI=1S/C19H29N3O3S/c1-15-18(10-7-11-20-15)21-19(23)16-8-6-9-17(14-16)26(24,25)22-12-4-2-3-5-13-22/h6,8-9,14-15,18,20H,2-5,7,10-13H2,1H3,(H,21,23). The van der Waals surface area contributed by atoms with Gasteiger partial charge in [-0.15, -0.1) is 0 Å². The third-order valence-electron chi connectivity index (χ3n) is 5.38. The van der Waals surface area contributed by atoms with E-state index in [1.165, 1.54) is 6.07 Å². The van der Waals surface area contributed by atoms with Crippen LogP contribution >= 0.6 is 0 Å². The minimum Gasteiger partial charge on any atom is -0.348 e. The van der Waals surface area contributed by atoms with Crippen molar-refractivity contribution in [1.29, 1.82) is 0 Å². The highest BCUT2D eigenvalue weighted by Crippen LogP contribution is 2.21. The van der Waals surface area contributed by atoms with Crippen LogP contribution in [0.1, 0.15) is 55.8 Å². The Bertz CT molecular complexity index is 727. The number of benzene rings is 1. The minimum atomic E-state index is -3.54. The van der Waals surface area contributed by atoms with Crippen LogP contribution in [-0.4, -0.2) is 50.3 Å². The molecule has 2 N–H and O–H groups in total. The maximum Gasteiger partial charge on any atom is 0.251 e. The van der Waals surface area contributed by atoms with Gasteiger partial charge in [-0.3, -0.25) is 4.79 Å². The van der Waals surface area contributed by atoms with E-state index in [4.69, 9.17) is 0 Å². The number of sulfonamides is 1. The summed E-state index contributed by atoms with van der Waals surface area (Å²) in [5, 5.41) is 6.40. The van der Waals surface area contributed by atoms with E-state index in [9.17, 15) is 13.2 Å². The number of carbonyl (C=O) groups excluding carboxylic acids is 1. The lowest BCUT2D eigenvalue weighted by atomic mass is 9.99. The van der Waals surface area contributed by atoms with Crippen molar-refractivity contribution in [3.8, 4) is 0 Å². The van der Waals surface area contributed by atoms with E-state index in [1.54, 1.807) is 22.5 Å². The van der Waals surface area contributed by atoms with Crippen molar-refractivity contribution in [3.63, 3.8) is 0 Å². The number of carbonyl (C=O) groups is 1. The second-order valence-electron chi connectivity index (χ2n) is 7.31. The van der Waals surface area contributed by atoms with E-state index < -0.39 is 10.0 Å². The van der Waals surface area contributed by atoms with Gasteiger partial charge in [-0.2, -0.15) is 4.31 Å². The van der Waals surface area contributed by atoms with Gasteiger partial charge in [0.15, 0.2) is 0 Å². The number of rotatable bonds is 4. The number of amides is 1. The molecule has 2 fully saturated rings. The highest BCUT2D eigenvalue weighted by molar-refractivity contribution is 7.89. The SMILES string of the molecule is CC1NCCCC1NC(=O)c1cccc(S(=O)(=O)N2CCCCCC2)c1. The van der Waals surface area contributed by atoms with Gasteiger partial charge in [-0.05, 0) is 57.4 Å². The maximum absolute atomic E-state index is 12.9. The fraction of sp³-hybridized carbons (Fsp3) is 0.632. The highest BCUT2D eigenvalue weighted by Gasteiger charge is 2.27. The lowest BCUT2D eigenvalue weighted by molar-refractivity contribution is 0.0919. The van der Waals surface area contributed by atoms with Gasteiger partial charge in [-0.25, -0.2) is 8.42 Å². The van der Waals surface area contributed by atoms with Crippen molar-refractivity contribution in [2.45, 2.75) is 62.4 Å². The Morgan fingerprint density at radius 1 is 1.15 bits per heavy atom. The lowest BCUT2D eigenvalue weighted by Crippen LogP contribution is -2.51. The summed E-state index contributed by atoms with van der Waals surface area (Å²) in [6.07, 6.45) is 5.90. The first kappa shape index (κ1) is 19.3. The average Bonchev–Trinajstić information content (AvgIpc) is 2.94. The van der Waals surface area contributed by atoms with Crippen molar-refractivity contribution >= 4 is 15.9 Å². The topological polar surface area (TPSA) is 78.5 Å². The van der Waals surface area contributed by atoms with Gasteiger partial charge in [-0.1, -0.05) is 18.9 Å². The monoisotopic (exact) mass is 379 g/mol. The third-order valence-corrected chi connectivity index (χ3v) is 7.27. The second kappa shape index (κ2) is 8.50. The normalized spacial score (nSPS) is 25.4. The van der Waals surface area contributed by atoms with Gasteiger partial charge in [0.05, 0.1) is 4.90 Å². The van der Waals surface area contributed by atoms with E-state index in [0.717, 1.165) is 45.1 Å². The summed E-state index contributed by atoms with van der Waals surface area (Å²) in [5.41, 5.74) is 0.402. The molecule has 3 rings (SSSR count). The summed E-state index contributed by atoms with van der Waals surface area (Å²) in [4.78, 5) is 12.8. The molecule has 0 bridgehead atoms. The van der Waals surface area contributed by atoms with Crippen LogP contribution in [0.2, 0.25) is 0 Å². The summed E-state index contributed by atoms with van der Waals surface area (Å²) in [5.74, 6) is -0.210. The quantitative estimate of drug-likeness (QED) is 0.840. The van der Waals surface area contributed by atoms with Gasteiger partial charge < -0.3 is 10.6 Å². The largest absolute Gasteiger partial charge is 0.348 e. The predicted molar refractivity (Wildman–Crippen MR) is 102 cm³/mol. The third kappa shape index (κ3) is 4.45. The second-order valence-corrected chi connectivity index (χ2v) is 9.25. The van der Waals surface area contributed by atoms with E-state index >= 15 is 0 Å². The Balaban J connectivity index is 1.75. The molecule has 0 spiro atoms. The molecule has 2 saturated heterocycles. The molecule has 1 amide bonds. The van der Waals surface area contributed by atoms with Crippen molar-refractivity contribution in [3.05, 3.63) is 29.8 Å².